The third-order valence-corrected chi connectivity index (χ3v) is 4.27. The first-order valence-corrected chi connectivity index (χ1v) is 8.58. The van der Waals surface area contributed by atoms with Gasteiger partial charge in [-0.1, -0.05) is 28.1 Å². The van der Waals surface area contributed by atoms with Gasteiger partial charge in [0.25, 0.3) is 5.91 Å². The van der Waals surface area contributed by atoms with Crippen molar-refractivity contribution < 1.29 is 14.7 Å². The molecule has 0 fully saturated rings. The van der Waals surface area contributed by atoms with Gasteiger partial charge in [0.2, 0.25) is 0 Å². The second kappa shape index (κ2) is 7.52. The third kappa shape index (κ3) is 4.17. The van der Waals surface area contributed by atoms with E-state index in [1.54, 1.807) is 17.1 Å². The topological polar surface area (TPSA) is 102 Å². The number of nitrogens with one attached hydrogen (secondary N) is 1. The number of nitrogens with zero attached hydrogens (tertiary/aromatic N) is 4. The summed E-state index contributed by atoms with van der Waals surface area (Å²) in [5, 5.41) is 19.9. The average molecular weight is 418 g/mol. The Balaban J connectivity index is 1.64. The molecule has 0 bridgehead atoms. The summed E-state index contributed by atoms with van der Waals surface area (Å²) >= 11 is 3.39. The SMILES string of the molecule is CC(C(=O)O)n1ccc(C(=O)Nc2cnn(Cc3ccc(Br)cc3)c2)n1. The maximum Gasteiger partial charge on any atom is 0.328 e. The van der Waals surface area contributed by atoms with Crippen LogP contribution in [0.3, 0.4) is 0 Å². The van der Waals surface area contributed by atoms with E-state index in [4.69, 9.17) is 5.11 Å². The molecule has 0 radical (unpaired) electrons. The van der Waals surface area contributed by atoms with Crippen molar-refractivity contribution >= 4 is 33.5 Å². The van der Waals surface area contributed by atoms with Crippen LogP contribution in [-0.4, -0.2) is 36.5 Å². The summed E-state index contributed by atoms with van der Waals surface area (Å²) in [5.74, 6) is -1.45. The smallest absolute Gasteiger partial charge is 0.328 e. The van der Waals surface area contributed by atoms with Crippen molar-refractivity contribution in [3.8, 4) is 0 Å². The van der Waals surface area contributed by atoms with Crippen LogP contribution in [-0.2, 0) is 11.3 Å². The molecule has 0 aliphatic heterocycles. The summed E-state index contributed by atoms with van der Waals surface area (Å²) in [7, 11) is 0. The van der Waals surface area contributed by atoms with Crippen molar-refractivity contribution in [2.45, 2.75) is 19.5 Å². The fourth-order valence-corrected chi connectivity index (χ4v) is 2.54. The predicted molar refractivity (Wildman–Crippen MR) is 98.0 cm³/mol. The second-order valence-electron chi connectivity index (χ2n) is 5.70. The van der Waals surface area contributed by atoms with Gasteiger partial charge in [0, 0.05) is 16.9 Å². The minimum Gasteiger partial charge on any atom is -0.480 e. The van der Waals surface area contributed by atoms with E-state index < -0.39 is 17.9 Å². The van der Waals surface area contributed by atoms with Gasteiger partial charge >= 0.3 is 5.97 Å². The summed E-state index contributed by atoms with van der Waals surface area (Å²) < 4.78 is 3.95. The molecule has 3 rings (SSSR count). The number of hydrogen-bond acceptors (Lipinski definition) is 4. The van der Waals surface area contributed by atoms with Crippen molar-refractivity contribution in [3.63, 3.8) is 0 Å². The lowest BCUT2D eigenvalue weighted by Gasteiger charge is -2.05. The Hall–Kier alpha value is -2.94. The number of aliphatic carboxylic acids is 1. The van der Waals surface area contributed by atoms with Crippen molar-refractivity contribution in [2.75, 3.05) is 5.32 Å². The van der Waals surface area contributed by atoms with E-state index in [2.05, 4.69) is 31.4 Å². The highest BCUT2D eigenvalue weighted by Gasteiger charge is 2.17. The first-order valence-electron chi connectivity index (χ1n) is 7.78. The second-order valence-corrected chi connectivity index (χ2v) is 6.62. The minimum absolute atomic E-state index is 0.138. The molecular weight excluding hydrogens is 402 g/mol. The van der Waals surface area contributed by atoms with Crippen molar-refractivity contribution in [3.05, 3.63) is 64.7 Å². The summed E-state index contributed by atoms with van der Waals surface area (Å²) in [4.78, 5) is 23.2. The van der Waals surface area contributed by atoms with Crippen LogP contribution in [0.5, 0.6) is 0 Å². The van der Waals surface area contributed by atoms with Gasteiger partial charge in [-0.2, -0.15) is 10.2 Å². The molecule has 134 valence electrons. The average Bonchev–Trinajstić information content (AvgIpc) is 3.26. The highest BCUT2D eigenvalue weighted by atomic mass is 79.9. The number of aromatic nitrogens is 4. The molecule has 0 aliphatic rings. The van der Waals surface area contributed by atoms with Gasteiger partial charge in [-0.25, -0.2) is 4.79 Å². The zero-order valence-corrected chi connectivity index (χ0v) is 15.4. The van der Waals surface area contributed by atoms with Gasteiger partial charge in [-0.15, -0.1) is 0 Å². The Bertz CT molecular complexity index is 932. The Kier molecular flexibility index (Phi) is 5.17. The molecule has 0 aliphatic carbocycles. The Labute approximate surface area is 157 Å². The molecule has 1 aromatic carbocycles. The van der Waals surface area contributed by atoms with E-state index in [-0.39, 0.29) is 5.69 Å². The first kappa shape index (κ1) is 17.9. The number of rotatable bonds is 6. The van der Waals surface area contributed by atoms with Gasteiger partial charge in [0.15, 0.2) is 5.69 Å². The van der Waals surface area contributed by atoms with Gasteiger partial charge in [-0.3, -0.25) is 14.2 Å². The number of amides is 1. The van der Waals surface area contributed by atoms with E-state index in [1.807, 2.05) is 24.3 Å². The molecule has 1 amide bonds. The molecule has 2 heterocycles. The fourth-order valence-electron chi connectivity index (χ4n) is 2.27. The fraction of sp³-hybridized carbons (Fsp3) is 0.176. The van der Waals surface area contributed by atoms with Crippen molar-refractivity contribution in [2.24, 2.45) is 0 Å². The summed E-state index contributed by atoms with van der Waals surface area (Å²) in [5.41, 5.74) is 1.75. The van der Waals surface area contributed by atoms with Crippen LogP contribution < -0.4 is 5.32 Å². The van der Waals surface area contributed by atoms with Crippen LogP contribution in [0.15, 0.2) is 53.4 Å². The van der Waals surface area contributed by atoms with Gasteiger partial charge in [0.05, 0.1) is 18.4 Å². The van der Waals surface area contributed by atoms with Crippen molar-refractivity contribution in [1.82, 2.24) is 19.6 Å². The summed E-state index contributed by atoms with van der Waals surface area (Å²) in [6.07, 6.45) is 4.73. The lowest BCUT2D eigenvalue weighted by atomic mass is 10.2. The molecule has 1 unspecified atom stereocenters. The Morgan fingerprint density at radius 2 is 2.00 bits per heavy atom. The van der Waals surface area contributed by atoms with Crippen LogP contribution in [0.4, 0.5) is 5.69 Å². The largest absolute Gasteiger partial charge is 0.480 e. The third-order valence-electron chi connectivity index (χ3n) is 3.74. The quantitative estimate of drug-likeness (QED) is 0.641. The maximum absolute atomic E-state index is 12.2. The molecule has 9 heteroatoms. The van der Waals surface area contributed by atoms with Gasteiger partial charge < -0.3 is 10.4 Å². The minimum atomic E-state index is -1.02. The molecule has 0 saturated heterocycles. The molecule has 26 heavy (non-hydrogen) atoms. The lowest BCUT2D eigenvalue weighted by molar-refractivity contribution is -0.140. The monoisotopic (exact) mass is 417 g/mol. The molecule has 0 saturated carbocycles. The summed E-state index contributed by atoms with van der Waals surface area (Å²) in [6, 6.07) is 8.51. The molecule has 2 N–H and O–H groups in total. The lowest BCUT2D eigenvalue weighted by Crippen LogP contribution is -2.18. The number of hydrogen-bond donors (Lipinski definition) is 2. The number of carboxylic acid groups (broad SMARTS) is 1. The molecular formula is C17H16BrN5O3. The number of halogens is 1. The Morgan fingerprint density at radius 3 is 2.69 bits per heavy atom. The predicted octanol–water partition coefficient (Wildman–Crippen LogP) is 2.79. The molecule has 3 aromatic rings. The van der Waals surface area contributed by atoms with Crippen molar-refractivity contribution in [1.29, 1.82) is 0 Å². The highest BCUT2D eigenvalue weighted by molar-refractivity contribution is 9.10. The normalized spacial score (nSPS) is 11.9. The van der Waals surface area contributed by atoms with Crippen LogP contribution in [0.25, 0.3) is 0 Å². The van der Waals surface area contributed by atoms with Gasteiger partial charge in [0.1, 0.15) is 6.04 Å². The molecule has 8 nitrogen and oxygen atoms in total. The Morgan fingerprint density at radius 1 is 1.27 bits per heavy atom. The van der Waals surface area contributed by atoms with Crippen LogP contribution in [0, 0.1) is 0 Å². The zero-order chi connectivity index (χ0) is 18.7. The zero-order valence-electron chi connectivity index (χ0n) is 13.8. The van der Waals surface area contributed by atoms with E-state index >= 15 is 0 Å². The molecule has 1 atom stereocenters. The van der Waals surface area contributed by atoms with Gasteiger partial charge in [-0.05, 0) is 30.7 Å². The van der Waals surface area contributed by atoms with E-state index in [9.17, 15) is 9.59 Å². The number of benzene rings is 1. The number of anilines is 1. The van der Waals surface area contributed by atoms with Crippen LogP contribution >= 0.6 is 15.9 Å². The number of carboxylic acids is 1. The number of carbonyl (C=O) groups is 2. The number of carbonyl (C=O) groups excluding carboxylic acids is 1. The molecule has 2 aromatic heterocycles. The standard InChI is InChI=1S/C17H16BrN5O3/c1-11(17(25)26)23-7-6-15(21-23)16(24)20-14-8-19-22(10-14)9-12-2-4-13(18)5-3-12/h2-8,10-11H,9H2,1H3,(H,20,24)(H,25,26). The van der Waals surface area contributed by atoms with E-state index in [0.29, 0.717) is 12.2 Å². The first-order chi connectivity index (χ1) is 12.4. The molecule has 0 spiro atoms. The maximum atomic E-state index is 12.2. The summed E-state index contributed by atoms with van der Waals surface area (Å²) in [6.45, 7) is 2.07. The van der Waals surface area contributed by atoms with Crippen LogP contribution in [0.1, 0.15) is 29.0 Å². The highest BCUT2D eigenvalue weighted by Crippen LogP contribution is 2.13. The van der Waals surface area contributed by atoms with E-state index in [1.165, 1.54) is 23.9 Å². The van der Waals surface area contributed by atoms with E-state index in [0.717, 1.165) is 10.0 Å². The van der Waals surface area contributed by atoms with Crippen LogP contribution in [0.2, 0.25) is 0 Å².